The lowest BCUT2D eigenvalue weighted by molar-refractivity contribution is -0.135. The van der Waals surface area contributed by atoms with Gasteiger partial charge in [0.15, 0.2) is 11.6 Å². The van der Waals surface area contributed by atoms with E-state index in [-0.39, 0.29) is 0 Å². The largest absolute Gasteiger partial charge is 0.423 e. The number of nitrogens with zero attached hydrogens (tertiary/aromatic N) is 1. The normalized spacial score (nSPS) is 13.1. The Morgan fingerprint density at radius 2 is 1.46 bits per heavy atom. The summed E-state index contributed by atoms with van der Waals surface area (Å²) in [5, 5.41) is 0. The number of hydrogen-bond donors (Lipinski definition) is 0. The molecule has 0 aromatic heterocycles. The van der Waals surface area contributed by atoms with Gasteiger partial charge in [0.25, 0.3) is 0 Å². The van der Waals surface area contributed by atoms with E-state index in [0.717, 1.165) is 28.6 Å². The maximum absolute atomic E-state index is 13.9. The maximum atomic E-state index is 13.9. The number of carbonyl (C=O) groups is 1. The summed E-state index contributed by atoms with van der Waals surface area (Å²) in [6.45, 7) is 0. The molecule has 3 nitrogen and oxygen atoms in total. The molecule has 0 spiro atoms. The summed E-state index contributed by atoms with van der Waals surface area (Å²) in [7, 11) is 1.92. The summed E-state index contributed by atoms with van der Waals surface area (Å²) in [4.78, 5) is 14.9. The van der Waals surface area contributed by atoms with Crippen LogP contribution < -0.4 is 9.64 Å². The van der Waals surface area contributed by atoms with E-state index >= 15 is 0 Å². The van der Waals surface area contributed by atoms with Crippen molar-refractivity contribution >= 4 is 17.3 Å². The van der Waals surface area contributed by atoms with E-state index in [1.807, 2.05) is 60.5 Å². The topological polar surface area (TPSA) is 29.5 Å². The molecule has 0 aliphatic carbocycles. The third-order valence-electron chi connectivity index (χ3n) is 4.58. The molecule has 0 saturated heterocycles. The summed E-state index contributed by atoms with van der Waals surface area (Å²) in [6, 6.07) is 18.5. The lowest BCUT2D eigenvalue weighted by Crippen LogP contribution is -2.28. The Hall–Kier alpha value is -3.21. The zero-order valence-corrected chi connectivity index (χ0v) is 13.9. The lowest BCUT2D eigenvalue weighted by Gasteiger charge is -2.34. The van der Waals surface area contributed by atoms with E-state index in [1.54, 1.807) is 0 Å². The van der Waals surface area contributed by atoms with Gasteiger partial charge >= 0.3 is 5.97 Å². The van der Waals surface area contributed by atoms with Gasteiger partial charge in [0, 0.05) is 18.4 Å². The molecule has 130 valence electrons. The van der Waals surface area contributed by atoms with Crippen LogP contribution >= 0.6 is 0 Å². The van der Waals surface area contributed by atoms with Crippen LogP contribution in [0.5, 0.6) is 5.75 Å². The van der Waals surface area contributed by atoms with Crippen LogP contribution in [0, 0.1) is 11.6 Å². The highest BCUT2D eigenvalue weighted by molar-refractivity contribution is 5.92. The first-order chi connectivity index (χ1) is 12.6. The minimum atomic E-state index is -1.17. The van der Waals surface area contributed by atoms with Crippen LogP contribution in [0.2, 0.25) is 0 Å². The highest BCUT2D eigenvalue weighted by atomic mass is 19.2. The van der Waals surface area contributed by atoms with Gasteiger partial charge in [0.1, 0.15) is 5.92 Å². The molecule has 1 aliphatic heterocycles. The fraction of sp³-hybridized carbons (Fsp3) is 0.0952. The van der Waals surface area contributed by atoms with Crippen LogP contribution in [0.4, 0.5) is 20.2 Å². The molecule has 3 aromatic carbocycles. The molecule has 3 aromatic rings. The van der Waals surface area contributed by atoms with Gasteiger partial charge < -0.3 is 9.64 Å². The van der Waals surface area contributed by atoms with Crippen molar-refractivity contribution in [3.8, 4) is 5.75 Å². The molecule has 0 saturated carbocycles. The molecular weight excluding hydrogens is 336 g/mol. The number of hydrogen-bond acceptors (Lipinski definition) is 3. The van der Waals surface area contributed by atoms with Crippen LogP contribution in [0.15, 0.2) is 66.7 Å². The fourth-order valence-corrected chi connectivity index (χ4v) is 3.36. The summed E-state index contributed by atoms with van der Waals surface area (Å²) in [5.41, 5.74) is 3.26. The van der Waals surface area contributed by atoms with Gasteiger partial charge in [-0.2, -0.15) is 4.39 Å². The summed E-state index contributed by atoms with van der Waals surface area (Å²) < 4.78 is 32.6. The quantitative estimate of drug-likeness (QED) is 0.491. The molecule has 0 unspecified atom stereocenters. The zero-order valence-electron chi connectivity index (χ0n) is 13.9. The smallest absolute Gasteiger partial charge is 0.323 e. The average molecular weight is 351 g/mol. The van der Waals surface area contributed by atoms with Crippen LogP contribution in [0.1, 0.15) is 17.0 Å². The summed E-state index contributed by atoms with van der Waals surface area (Å²) >= 11 is 0. The van der Waals surface area contributed by atoms with Crippen molar-refractivity contribution < 1.29 is 18.3 Å². The third kappa shape index (κ3) is 2.52. The van der Waals surface area contributed by atoms with Crippen LogP contribution in [0.3, 0.4) is 0 Å². The molecule has 26 heavy (non-hydrogen) atoms. The van der Waals surface area contributed by atoms with Gasteiger partial charge in [0.05, 0.1) is 0 Å². The molecule has 0 N–H and O–H groups in total. The number of rotatable bonds is 2. The van der Waals surface area contributed by atoms with Crippen molar-refractivity contribution in [2.75, 3.05) is 11.9 Å². The predicted molar refractivity (Wildman–Crippen MR) is 94.8 cm³/mol. The van der Waals surface area contributed by atoms with Crippen molar-refractivity contribution in [3.63, 3.8) is 0 Å². The number of fused-ring (bicyclic) bond motifs is 2. The molecule has 1 heterocycles. The minimum absolute atomic E-state index is 0.413. The van der Waals surface area contributed by atoms with Gasteiger partial charge in [-0.15, -0.1) is 0 Å². The van der Waals surface area contributed by atoms with Crippen LogP contribution in [-0.2, 0) is 4.79 Å². The van der Waals surface area contributed by atoms with Crippen LogP contribution in [0.25, 0.3) is 0 Å². The van der Waals surface area contributed by atoms with Crippen molar-refractivity contribution in [2.24, 2.45) is 0 Å². The van der Waals surface area contributed by atoms with Crippen molar-refractivity contribution in [2.45, 2.75) is 5.92 Å². The highest BCUT2D eigenvalue weighted by Crippen LogP contribution is 2.45. The SMILES string of the molecule is CN1c2ccccc2C(C(=O)Oc2cccc(F)c2F)c2ccccc21. The lowest BCUT2D eigenvalue weighted by atomic mass is 9.85. The Kier molecular flexibility index (Phi) is 3.92. The van der Waals surface area contributed by atoms with Gasteiger partial charge in [-0.25, -0.2) is 4.39 Å². The molecule has 0 radical (unpaired) electrons. The molecule has 1 aliphatic rings. The Morgan fingerprint density at radius 1 is 0.885 bits per heavy atom. The predicted octanol–water partition coefficient (Wildman–Crippen LogP) is 4.78. The van der Waals surface area contributed by atoms with Crippen molar-refractivity contribution in [1.29, 1.82) is 0 Å². The summed E-state index contributed by atoms with van der Waals surface area (Å²) in [6.07, 6.45) is 0. The fourth-order valence-electron chi connectivity index (χ4n) is 3.36. The number of benzene rings is 3. The monoisotopic (exact) mass is 351 g/mol. The minimum Gasteiger partial charge on any atom is -0.423 e. The summed E-state index contributed by atoms with van der Waals surface area (Å²) in [5.74, 6) is -4.01. The number of anilines is 2. The molecule has 5 heteroatoms. The van der Waals surface area contributed by atoms with Gasteiger partial charge in [0.2, 0.25) is 5.82 Å². The van der Waals surface area contributed by atoms with Gasteiger partial charge in [-0.05, 0) is 35.4 Å². The number of ether oxygens (including phenoxy) is 1. The molecule has 4 rings (SSSR count). The second kappa shape index (κ2) is 6.26. The first-order valence-electron chi connectivity index (χ1n) is 8.15. The van der Waals surface area contributed by atoms with E-state index in [2.05, 4.69) is 0 Å². The van der Waals surface area contributed by atoms with Crippen LogP contribution in [-0.4, -0.2) is 13.0 Å². The van der Waals surface area contributed by atoms with Gasteiger partial charge in [-0.1, -0.05) is 42.5 Å². The van der Waals surface area contributed by atoms with E-state index in [9.17, 15) is 13.6 Å². The molecule has 0 fully saturated rings. The van der Waals surface area contributed by atoms with Crippen molar-refractivity contribution in [1.82, 2.24) is 0 Å². The Bertz CT molecular complexity index is 955. The Morgan fingerprint density at radius 3 is 2.08 bits per heavy atom. The second-order valence-electron chi connectivity index (χ2n) is 6.08. The molecule has 0 bridgehead atoms. The first kappa shape index (κ1) is 16.3. The van der Waals surface area contributed by atoms with Crippen molar-refractivity contribution in [3.05, 3.63) is 89.5 Å². The Balaban J connectivity index is 1.80. The molecule has 0 atom stereocenters. The molecule has 0 amide bonds. The number of esters is 1. The number of carbonyl (C=O) groups excluding carboxylic acids is 1. The number of para-hydroxylation sites is 2. The van der Waals surface area contributed by atoms with E-state index in [4.69, 9.17) is 4.74 Å². The highest BCUT2D eigenvalue weighted by Gasteiger charge is 2.35. The van der Waals surface area contributed by atoms with E-state index in [0.29, 0.717) is 0 Å². The molecular formula is C21H15F2NO2. The standard InChI is InChI=1S/C21H15F2NO2/c1-24-16-10-4-2-7-13(16)19(14-8-3-5-11-17(14)24)21(25)26-18-12-6-9-15(22)20(18)23/h2-12,19H,1H3. The third-order valence-corrected chi connectivity index (χ3v) is 4.58. The average Bonchev–Trinajstić information content (AvgIpc) is 2.66. The van der Waals surface area contributed by atoms with E-state index < -0.39 is 29.3 Å². The zero-order chi connectivity index (χ0) is 18.3. The van der Waals surface area contributed by atoms with Gasteiger partial charge in [-0.3, -0.25) is 4.79 Å². The first-order valence-corrected chi connectivity index (χ1v) is 8.15. The second-order valence-corrected chi connectivity index (χ2v) is 6.08. The Labute approximate surface area is 149 Å². The maximum Gasteiger partial charge on any atom is 0.323 e. The van der Waals surface area contributed by atoms with E-state index in [1.165, 1.54) is 12.1 Å². The number of halogens is 2.